The van der Waals surface area contributed by atoms with Crippen LogP contribution in [0.4, 0.5) is 5.69 Å². The van der Waals surface area contributed by atoms with Crippen LogP contribution in [0.15, 0.2) is 41.3 Å². The molecule has 0 atom stereocenters. The number of methoxy groups -OCH3 is 1. The number of hydrogen-bond acceptors (Lipinski definition) is 5. The van der Waals surface area contributed by atoms with Crippen molar-refractivity contribution in [3.8, 4) is 11.5 Å². The van der Waals surface area contributed by atoms with E-state index >= 15 is 0 Å². The van der Waals surface area contributed by atoms with Gasteiger partial charge in [-0.3, -0.25) is 4.79 Å². The fourth-order valence-corrected chi connectivity index (χ4v) is 5.08. The summed E-state index contributed by atoms with van der Waals surface area (Å²) in [6.45, 7) is 2.61. The third-order valence-corrected chi connectivity index (χ3v) is 7.47. The van der Waals surface area contributed by atoms with Gasteiger partial charge in [0.05, 0.1) is 17.7 Å². The maximum Gasteiger partial charge on any atom is 0.262 e. The van der Waals surface area contributed by atoms with E-state index in [1.807, 2.05) is 6.92 Å². The van der Waals surface area contributed by atoms with E-state index in [0.717, 1.165) is 31.2 Å². The van der Waals surface area contributed by atoms with E-state index in [2.05, 4.69) is 5.32 Å². The van der Waals surface area contributed by atoms with Crippen molar-refractivity contribution in [3.63, 3.8) is 0 Å². The van der Waals surface area contributed by atoms with Gasteiger partial charge in [0.1, 0.15) is 11.5 Å². The molecule has 0 spiro atoms. The number of halogens is 1. The van der Waals surface area contributed by atoms with Crippen LogP contribution in [0.1, 0.15) is 31.2 Å². The van der Waals surface area contributed by atoms with E-state index < -0.39 is 15.9 Å². The summed E-state index contributed by atoms with van der Waals surface area (Å²) in [4.78, 5) is 12.6. The standard InChI is InChI=1S/C22H27ClN2O5S/c1-16-13-17(7-9-19(16)23)30-15-22(26)24-20-14-18(8-10-21(20)29-2)31(27,28)25-11-5-3-4-6-12-25/h7-10,13-14H,3-6,11-12,15H2,1-2H3,(H,24,26). The molecule has 1 aliphatic heterocycles. The number of carbonyl (C=O) groups is 1. The van der Waals surface area contributed by atoms with E-state index in [0.29, 0.717) is 29.6 Å². The molecule has 0 bridgehead atoms. The number of nitrogens with zero attached hydrogens (tertiary/aromatic N) is 1. The van der Waals surface area contributed by atoms with Crippen molar-refractivity contribution in [2.75, 3.05) is 32.1 Å². The lowest BCUT2D eigenvalue weighted by atomic mass is 10.2. The molecule has 1 aliphatic rings. The Kier molecular flexibility index (Phi) is 7.80. The van der Waals surface area contributed by atoms with Gasteiger partial charge in [0.25, 0.3) is 5.91 Å². The van der Waals surface area contributed by atoms with Gasteiger partial charge in [0.2, 0.25) is 10.0 Å². The first kappa shape index (κ1) is 23.4. The zero-order valence-corrected chi connectivity index (χ0v) is 19.3. The van der Waals surface area contributed by atoms with Crippen LogP contribution >= 0.6 is 11.6 Å². The Balaban J connectivity index is 1.73. The Hall–Kier alpha value is -2.29. The normalized spacial score (nSPS) is 15.2. The number of hydrogen-bond donors (Lipinski definition) is 1. The number of benzene rings is 2. The third kappa shape index (κ3) is 5.90. The molecule has 0 aliphatic carbocycles. The first-order valence-corrected chi connectivity index (χ1v) is 12.0. The van der Waals surface area contributed by atoms with E-state index in [-0.39, 0.29) is 17.2 Å². The summed E-state index contributed by atoms with van der Waals surface area (Å²) in [5.74, 6) is 0.447. The van der Waals surface area contributed by atoms with Crippen molar-refractivity contribution in [1.82, 2.24) is 4.31 Å². The highest BCUT2D eigenvalue weighted by molar-refractivity contribution is 7.89. The van der Waals surface area contributed by atoms with Crippen LogP contribution < -0.4 is 14.8 Å². The maximum atomic E-state index is 13.1. The molecule has 1 amide bonds. The number of nitrogens with one attached hydrogen (secondary N) is 1. The Bertz CT molecular complexity index is 1030. The van der Waals surface area contributed by atoms with E-state index in [1.165, 1.54) is 23.5 Å². The number of rotatable bonds is 7. The van der Waals surface area contributed by atoms with Gasteiger partial charge in [0.15, 0.2) is 6.61 Å². The smallest absolute Gasteiger partial charge is 0.262 e. The molecule has 0 aromatic heterocycles. The van der Waals surface area contributed by atoms with Gasteiger partial charge in [-0.25, -0.2) is 8.42 Å². The summed E-state index contributed by atoms with van der Waals surface area (Å²) in [5.41, 5.74) is 1.12. The SMILES string of the molecule is COc1ccc(S(=O)(=O)N2CCCCCC2)cc1NC(=O)COc1ccc(Cl)c(C)c1. The van der Waals surface area contributed by atoms with Crippen LogP contribution in [0.5, 0.6) is 11.5 Å². The monoisotopic (exact) mass is 466 g/mol. The molecule has 168 valence electrons. The molecule has 31 heavy (non-hydrogen) atoms. The minimum atomic E-state index is -3.65. The van der Waals surface area contributed by atoms with Crippen LogP contribution in [0.3, 0.4) is 0 Å². The number of aryl methyl sites for hydroxylation is 1. The highest BCUT2D eigenvalue weighted by Crippen LogP contribution is 2.30. The third-order valence-electron chi connectivity index (χ3n) is 5.15. The fraction of sp³-hybridized carbons (Fsp3) is 0.409. The molecular formula is C22H27ClN2O5S. The van der Waals surface area contributed by atoms with E-state index in [4.69, 9.17) is 21.1 Å². The largest absolute Gasteiger partial charge is 0.495 e. The molecule has 3 rings (SSSR count). The number of carbonyl (C=O) groups excluding carboxylic acids is 1. The van der Waals surface area contributed by atoms with Crippen LogP contribution in [0, 0.1) is 6.92 Å². The maximum absolute atomic E-state index is 13.1. The van der Waals surface area contributed by atoms with Gasteiger partial charge in [-0.2, -0.15) is 4.31 Å². The zero-order valence-electron chi connectivity index (χ0n) is 17.7. The van der Waals surface area contributed by atoms with Crippen molar-refractivity contribution in [3.05, 3.63) is 47.0 Å². The molecule has 0 saturated carbocycles. The van der Waals surface area contributed by atoms with Gasteiger partial charge in [-0.05, 0) is 61.7 Å². The van der Waals surface area contributed by atoms with Crippen molar-refractivity contribution in [1.29, 1.82) is 0 Å². The van der Waals surface area contributed by atoms with Gasteiger partial charge in [-0.1, -0.05) is 24.4 Å². The minimum Gasteiger partial charge on any atom is -0.495 e. The summed E-state index contributed by atoms with van der Waals surface area (Å²) in [6.07, 6.45) is 3.76. The second-order valence-corrected chi connectivity index (χ2v) is 9.77. The molecular weight excluding hydrogens is 440 g/mol. The predicted octanol–water partition coefficient (Wildman–Crippen LogP) is 4.24. The summed E-state index contributed by atoms with van der Waals surface area (Å²) >= 11 is 6.00. The lowest BCUT2D eigenvalue weighted by molar-refractivity contribution is -0.118. The van der Waals surface area contributed by atoms with Crippen molar-refractivity contribution in [2.24, 2.45) is 0 Å². The van der Waals surface area contributed by atoms with Crippen molar-refractivity contribution < 1.29 is 22.7 Å². The lowest BCUT2D eigenvalue weighted by Crippen LogP contribution is -2.32. The Morgan fingerprint density at radius 2 is 1.81 bits per heavy atom. The summed E-state index contributed by atoms with van der Waals surface area (Å²) in [6, 6.07) is 9.60. The van der Waals surface area contributed by atoms with Gasteiger partial charge in [0, 0.05) is 18.1 Å². The highest BCUT2D eigenvalue weighted by Gasteiger charge is 2.26. The predicted molar refractivity (Wildman–Crippen MR) is 121 cm³/mol. The zero-order chi connectivity index (χ0) is 22.4. The quantitative estimate of drug-likeness (QED) is 0.659. The summed E-state index contributed by atoms with van der Waals surface area (Å²) in [5, 5.41) is 3.30. The number of sulfonamides is 1. The van der Waals surface area contributed by atoms with E-state index in [1.54, 1.807) is 24.3 Å². The van der Waals surface area contributed by atoms with Crippen LogP contribution in [-0.2, 0) is 14.8 Å². The van der Waals surface area contributed by atoms with Crippen molar-refractivity contribution >= 4 is 33.2 Å². The average molecular weight is 467 g/mol. The van der Waals surface area contributed by atoms with E-state index in [9.17, 15) is 13.2 Å². The highest BCUT2D eigenvalue weighted by atomic mass is 35.5. The Morgan fingerprint density at radius 1 is 1.10 bits per heavy atom. The first-order chi connectivity index (χ1) is 14.8. The molecule has 1 N–H and O–H groups in total. The lowest BCUT2D eigenvalue weighted by Gasteiger charge is -2.21. The van der Waals surface area contributed by atoms with Gasteiger partial charge in [-0.15, -0.1) is 0 Å². The van der Waals surface area contributed by atoms with Crippen molar-refractivity contribution in [2.45, 2.75) is 37.5 Å². The first-order valence-electron chi connectivity index (χ1n) is 10.2. The van der Waals surface area contributed by atoms with Crippen LogP contribution in [0.2, 0.25) is 5.02 Å². The molecule has 7 nitrogen and oxygen atoms in total. The molecule has 2 aromatic carbocycles. The second-order valence-electron chi connectivity index (χ2n) is 7.43. The van der Waals surface area contributed by atoms with Crippen LogP contribution in [-0.4, -0.2) is 45.4 Å². The topological polar surface area (TPSA) is 84.9 Å². The molecule has 1 saturated heterocycles. The molecule has 9 heteroatoms. The molecule has 0 unspecified atom stereocenters. The molecule has 0 radical (unpaired) electrons. The molecule has 1 fully saturated rings. The minimum absolute atomic E-state index is 0.125. The molecule has 2 aromatic rings. The number of amides is 1. The Labute approximate surface area is 188 Å². The number of ether oxygens (including phenoxy) is 2. The Morgan fingerprint density at radius 3 is 2.45 bits per heavy atom. The second kappa shape index (κ2) is 10.3. The number of anilines is 1. The summed E-state index contributed by atoms with van der Waals surface area (Å²) < 4.78 is 38.5. The van der Waals surface area contributed by atoms with Gasteiger partial charge < -0.3 is 14.8 Å². The van der Waals surface area contributed by atoms with Crippen LogP contribution in [0.25, 0.3) is 0 Å². The van der Waals surface area contributed by atoms with Gasteiger partial charge >= 0.3 is 0 Å². The summed E-state index contributed by atoms with van der Waals surface area (Å²) in [7, 11) is -2.19. The molecule has 1 heterocycles. The average Bonchev–Trinajstić information content (AvgIpc) is 3.05. The fourth-order valence-electron chi connectivity index (χ4n) is 3.42.